The summed E-state index contributed by atoms with van der Waals surface area (Å²) in [5.74, 6) is -4.92. The number of fused-ring (bicyclic) bond motifs is 2. The van der Waals surface area contributed by atoms with Gasteiger partial charge in [-0.2, -0.15) is 0 Å². The Morgan fingerprint density at radius 1 is 0.938 bits per heavy atom. The van der Waals surface area contributed by atoms with E-state index in [0.29, 0.717) is 18.3 Å². The van der Waals surface area contributed by atoms with E-state index in [9.17, 15) is 40.2 Å². The SMILES string of the molecule is C[NH+]=C(N)NCC1C(CCC2CCC(N)[NH2+]C2)CC2C(=O)C3C(CO)C(OC)CC(O[C@H]4O[C@H](CO)[C@@H](O)[C@H](O)[C@H]4O)C3C(=O)C2C1O. The Labute approximate surface area is 280 Å². The predicted octanol–water partition coefficient (Wildman–Crippen LogP) is -6.53. The van der Waals surface area contributed by atoms with E-state index in [1.54, 1.807) is 7.05 Å². The molecule has 0 bridgehead atoms. The summed E-state index contributed by atoms with van der Waals surface area (Å²) >= 11 is 0. The van der Waals surface area contributed by atoms with E-state index in [2.05, 4.69) is 15.6 Å². The van der Waals surface area contributed by atoms with Crippen molar-refractivity contribution in [2.75, 3.05) is 40.5 Å². The second-order valence-corrected chi connectivity index (χ2v) is 14.6. The summed E-state index contributed by atoms with van der Waals surface area (Å²) in [7, 11) is 3.11. The van der Waals surface area contributed by atoms with Crippen LogP contribution in [0, 0.1) is 47.3 Å². The Morgan fingerprint density at radius 2 is 1.69 bits per heavy atom. The summed E-state index contributed by atoms with van der Waals surface area (Å²) in [6.45, 7) is 0.121. The lowest BCUT2D eigenvalue weighted by atomic mass is 9.51. The second-order valence-electron chi connectivity index (χ2n) is 14.6. The van der Waals surface area contributed by atoms with Crippen molar-refractivity contribution in [1.29, 1.82) is 0 Å². The maximum absolute atomic E-state index is 14.6. The molecule has 48 heavy (non-hydrogen) atoms. The molecule has 0 spiro atoms. The highest BCUT2D eigenvalue weighted by Crippen LogP contribution is 2.52. The standard InChI is InChI=1S/C32H55N5O11/c1-35-32(34)37-10-16-14(5-3-13-4-6-21(33)36-9-13)7-15-23(26(16)41)28(43)24-19(8-18(46-2)17(11-38)22(24)25(15)40)47-31-30(45)29(44)27(42)20(12-39)48-31/h13-24,26-27,29-31,36,38-39,41-42,44-45H,3-12,33H2,1-2H3,(H3,34,35,37)/p+2/t13?,14?,15?,16?,17?,18?,19?,20-,21?,22?,23?,24?,26?,27-,29+,30-,31+/m1/s1. The number of carbonyl (C=O) groups excluding carboxylic acids is 2. The largest absolute Gasteiger partial charge is 0.396 e. The first-order chi connectivity index (χ1) is 22.9. The van der Waals surface area contributed by atoms with Crippen LogP contribution in [0.15, 0.2) is 0 Å². The summed E-state index contributed by atoms with van der Waals surface area (Å²) in [5, 5.41) is 68.8. The number of nitrogens with one attached hydrogen (secondary N) is 2. The van der Waals surface area contributed by atoms with E-state index in [1.807, 2.05) is 0 Å². The number of piperidine rings is 1. The number of hydrogen-bond acceptors (Lipinski definition) is 12. The molecule has 0 amide bonds. The van der Waals surface area contributed by atoms with Crippen LogP contribution >= 0.6 is 0 Å². The Balaban J connectivity index is 1.43. The number of Topliss-reactive ketones (excluding diaryl/α,β-unsaturated/α-hetero) is 2. The Bertz CT molecular complexity index is 1140. The van der Waals surface area contributed by atoms with E-state index in [4.69, 9.17) is 25.7 Å². The van der Waals surface area contributed by atoms with Crippen molar-refractivity contribution in [3.8, 4) is 0 Å². The molecule has 5 rings (SSSR count). The molecule has 0 aromatic rings. The zero-order chi connectivity index (χ0) is 34.9. The zero-order valence-corrected chi connectivity index (χ0v) is 27.8. The highest BCUT2D eigenvalue weighted by atomic mass is 16.7. The van der Waals surface area contributed by atoms with Gasteiger partial charge < -0.3 is 50.2 Å². The fraction of sp³-hybridized carbons (Fsp3) is 0.906. The summed E-state index contributed by atoms with van der Waals surface area (Å²) < 4.78 is 17.5. The zero-order valence-electron chi connectivity index (χ0n) is 27.8. The van der Waals surface area contributed by atoms with Gasteiger partial charge in [-0.25, -0.2) is 0 Å². The fourth-order valence-corrected chi connectivity index (χ4v) is 9.26. The van der Waals surface area contributed by atoms with Gasteiger partial charge in [0.25, 0.3) is 0 Å². The van der Waals surface area contributed by atoms with Crippen LogP contribution in [-0.4, -0.2) is 144 Å². The molecule has 2 heterocycles. The minimum absolute atomic E-state index is 0.0494. The molecule has 5 aliphatic rings. The molecule has 14 N–H and O–H groups in total. The number of rotatable bonds is 10. The average molecular weight is 688 g/mol. The maximum Gasteiger partial charge on any atom is 0.340 e. The van der Waals surface area contributed by atoms with E-state index < -0.39 is 97.7 Å². The van der Waals surface area contributed by atoms with Crippen molar-refractivity contribution in [1.82, 2.24) is 5.32 Å². The number of ketones is 2. The molecule has 0 radical (unpaired) electrons. The molecule has 16 nitrogen and oxygen atoms in total. The Kier molecular flexibility index (Phi) is 12.5. The highest BCUT2D eigenvalue weighted by Gasteiger charge is 2.63. The maximum atomic E-state index is 14.6. The number of aliphatic hydroxyl groups excluding tert-OH is 6. The molecule has 3 saturated carbocycles. The molecule has 17 atom stereocenters. The smallest absolute Gasteiger partial charge is 0.340 e. The predicted molar refractivity (Wildman–Crippen MR) is 167 cm³/mol. The first-order valence-electron chi connectivity index (χ1n) is 17.4. The number of ether oxygens (including phenoxy) is 3. The van der Waals surface area contributed by atoms with Crippen LogP contribution < -0.4 is 27.1 Å². The van der Waals surface area contributed by atoms with Gasteiger partial charge in [0, 0.05) is 56.1 Å². The summed E-state index contributed by atoms with van der Waals surface area (Å²) in [6.07, 6.45) is -6.59. The van der Waals surface area contributed by atoms with Crippen LogP contribution in [0.4, 0.5) is 0 Å². The highest BCUT2D eigenvalue weighted by molar-refractivity contribution is 6.01. The molecule has 3 aliphatic carbocycles. The molecule has 0 aromatic heterocycles. The first-order valence-corrected chi connectivity index (χ1v) is 17.4. The van der Waals surface area contributed by atoms with Gasteiger partial charge in [-0.3, -0.25) is 31.4 Å². The average Bonchev–Trinajstić information content (AvgIpc) is 3.09. The Hall–Kier alpha value is -1.83. The summed E-state index contributed by atoms with van der Waals surface area (Å²) in [6, 6.07) is 0. The van der Waals surface area contributed by atoms with E-state index in [1.165, 1.54) is 7.11 Å². The molecule has 16 heteroatoms. The minimum Gasteiger partial charge on any atom is -0.396 e. The number of guanidine groups is 1. The number of aliphatic hydroxyl groups is 6. The normalized spacial score (nSPS) is 46.9. The van der Waals surface area contributed by atoms with Crippen LogP contribution in [0.2, 0.25) is 0 Å². The van der Waals surface area contributed by atoms with Crippen LogP contribution in [0.5, 0.6) is 0 Å². The van der Waals surface area contributed by atoms with Crippen molar-refractivity contribution < 1.29 is 64.7 Å². The molecular weight excluding hydrogens is 630 g/mol. The third kappa shape index (κ3) is 7.30. The van der Waals surface area contributed by atoms with Gasteiger partial charge in [0.05, 0.1) is 56.9 Å². The second kappa shape index (κ2) is 16.0. The van der Waals surface area contributed by atoms with Crippen molar-refractivity contribution in [2.24, 2.45) is 58.8 Å². The van der Waals surface area contributed by atoms with Crippen molar-refractivity contribution in [2.45, 2.75) is 93.7 Å². The molecule has 12 unspecified atom stereocenters. The lowest BCUT2D eigenvalue weighted by molar-refractivity contribution is -0.702. The summed E-state index contributed by atoms with van der Waals surface area (Å²) in [4.78, 5) is 32.1. The van der Waals surface area contributed by atoms with Gasteiger partial charge in [-0.05, 0) is 31.6 Å². The van der Waals surface area contributed by atoms with Crippen LogP contribution in [0.3, 0.4) is 0 Å². The Morgan fingerprint density at radius 3 is 2.31 bits per heavy atom. The van der Waals surface area contributed by atoms with Crippen LogP contribution in [0.25, 0.3) is 0 Å². The van der Waals surface area contributed by atoms with Gasteiger partial charge in [-0.15, -0.1) is 0 Å². The third-order valence-corrected chi connectivity index (χ3v) is 12.0. The van der Waals surface area contributed by atoms with Gasteiger partial charge >= 0.3 is 5.96 Å². The van der Waals surface area contributed by atoms with Crippen molar-refractivity contribution >= 4 is 17.5 Å². The van der Waals surface area contributed by atoms with E-state index >= 15 is 0 Å². The lowest BCUT2D eigenvalue weighted by Crippen LogP contribution is -2.95. The fourth-order valence-electron chi connectivity index (χ4n) is 9.26. The number of nitrogens with two attached hydrogens (primary N) is 3. The molecule has 2 aliphatic heterocycles. The molecule has 5 fully saturated rings. The number of hydrogen-bond donors (Lipinski definition) is 11. The van der Waals surface area contributed by atoms with Gasteiger partial charge in [-0.1, -0.05) is 0 Å². The molecular formula is C32H57N5O11+2. The van der Waals surface area contributed by atoms with Crippen molar-refractivity contribution in [3.05, 3.63) is 0 Å². The topological polar surface area (TPSA) is 278 Å². The van der Waals surface area contributed by atoms with Gasteiger partial charge in [0.2, 0.25) is 0 Å². The number of quaternary nitrogens is 1. The van der Waals surface area contributed by atoms with Crippen molar-refractivity contribution in [3.63, 3.8) is 0 Å². The number of methoxy groups -OCH3 is 1. The van der Waals surface area contributed by atoms with Gasteiger partial charge in [0.15, 0.2) is 6.29 Å². The molecule has 2 saturated heterocycles. The van der Waals surface area contributed by atoms with E-state index in [-0.39, 0.29) is 36.6 Å². The van der Waals surface area contributed by atoms with Crippen LogP contribution in [-0.2, 0) is 23.8 Å². The quantitative estimate of drug-likeness (QED) is 0.0753. The molecule has 274 valence electrons. The van der Waals surface area contributed by atoms with E-state index in [0.717, 1.165) is 32.2 Å². The summed E-state index contributed by atoms with van der Waals surface area (Å²) in [5.41, 5.74) is 12.1. The monoisotopic (exact) mass is 687 g/mol. The lowest BCUT2D eigenvalue weighted by Gasteiger charge is -2.54. The third-order valence-electron chi connectivity index (χ3n) is 12.0. The molecule has 0 aromatic carbocycles. The number of carbonyl (C=O) groups is 2. The van der Waals surface area contributed by atoms with Gasteiger partial charge in [0.1, 0.15) is 42.1 Å². The minimum atomic E-state index is -1.72. The first kappa shape index (κ1) is 37.4. The van der Waals surface area contributed by atoms with Crippen LogP contribution in [0.1, 0.15) is 38.5 Å².